The maximum atomic E-state index is 12.1. The highest BCUT2D eigenvalue weighted by molar-refractivity contribution is 5.91. The van der Waals surface area contributed by atoms with E-state index in [1.807, 2.05) is 19.1 Å². The van der Waals surface area contributed by atoms with Crippen molar-refractivity contribution in [2.75, 3.05) is 25.0 Å². The second-order valence-electron chi connectivity index (χ2n) is 4.66. The molecule has 0 fully saturated rings. The minimum absolute atomic E-state index is 0.0503. The molecule has 0 radical (unpaired) electrons. The van der Waals surface area contributed by atoms with E-state index in [2.05, 4.69) is 5.32 Å². The number of esters is 1. The fraction of sp³-hybridized carbons (Fsp3) is 0.467. The van der Waals surface area contributed by atoms with Gasteiger partial charge in [-0.25, -0.2) is 4.79 Å². The number of nitrogens with one attached hydrogen (secondary N) is 1. The van der Waals surface area contributed by atoms with Crippen LogP contribution in [0.15, 0.2) is 24.3 Å². The average Bonchev–Trinajstić information content (AvgIpc) is 2.45. The molecule has 1 aromatic carbocycles. The zero-order valence-electron chi connectivity index (χ0n) is 12.8. The number of urea groups is 1. The Bertz CT molecular complexity index is 472. The maximum absolute atomic E-state index is 12.1. The van der Waals surface area contributed by atoms with E-state index in [1.165, 1.54) is 4.90 Å². The third-order valence-corrected chi connectivity index (χ3v) is 2.98. The largest absolute Gasteiger partial charge is 0.465 e. The van der Waals surface area contributed by atoms with Gasteiger partial charge in [0, 0.05) is 18.3 Å². The summed E-state index contributed by atoms with van der Waals surface area (Å²) in [5, 5.41) is 2.74. The standard InChI is InChI=1S/C15H23N3O3/c1-4-18(10-14(19)21-5-2)15(20)17-13-8-6-12(7-9-13)11(3)16/h6-9,11H,4-5,10,16H2,1-3H3,(H,17,20). The average molecular weight is 293 g/mol. The Morgan fingerprint density at radius 1 is 1.29 bits per heavy atom. The van der Waals surface area contributed by atoms with Crippen molar-refractivity contribution in [2.45, 2.75) is 26.8 Å². The normalized spacial score (nSPS) is 11.6. The molecule has 0 aromatic heterocycles. The summed E-state index contributed by atoms with van der Waals surface area (Å²) in [6.07, 6.45) is 0. The minimum atomic E-state index is -0.415. The fourth-order valence-corrected chi connectivity index (χ4v) is 1.76. The summed E-state index contributed by atoms with van der Waals surface area (Å²) in [4.78, 5) is 24.9. The van der Waals surface area contributed by atoms with Crippen LogP contribution in [0.1, 0.15) is 32.4 Å². The number of carbonyl (C=O) groups is 2. The van der Waals surface area contributed by atoms with Crippen LogP contribution in [-0.2, 0) is 9.53 Å². The van der Waals surface area contributed by atoms with Gasteiger partial charge >= 0.3 is 12.0 Å². The molecule has 6 heteroatoms. The summed E-state index contributed by atoms with van der Waals surface area (Å²) < 4.78 is 4.84. The number of carbonyl (C=O) groups excluding carboxylic acids is 2. The summed E-state index contributed by atoms with van der Waals surface area (Å²) in [5.74, 6) is -0.415. The van der Waals surface area contributed by atoms with Crippen LogP contribution in [0.3, 0.4) is 0 Å². The third kappa shape index (κ3) is 5.43. The van der Waals surface area contributed by atoms with Gasteiger partial charge in [0.25, 0.3) is 0 Å². The number of nitrogens with zero attached hydrogens (tertiary/aromatic N) is 1. The SMILES string of the molecule is CCOC(=O)CN(CC)C(=O)Nc1ccc(C(C)N)cc1. The zero-order valence-corrected chi connectivity index (χ0v) is 12.8. The summed E-state index contributed by atoms with van der Waals surface area (Å²) >= 11 is 0. The van der Waals surface area contributed by atoms with E-state index in [-0.39, 0.29) is 18.6 Å². The highest BCUT2D eigenvalue weighted by atomic mass is 16.5. The Hall–Kier alpha value is -2.08. The first kappa shape index (κ1) is 17.0. The molecule has 1 rings (SSSR count). The van der Waals surface area contributed by atoms with Gasteiger partial charge in [0.15, 0.2) is 0 Å². The Labute approximate surface area is 125 Å². The van der Waals surface area contributed by atoms with Crippen LogP contribution in [0.5, 0.6) is 0 Å². The number of likely N-dealkylation sites (N-methyl/N-ethyl adjacent to an activating group) is 1. The highest BCUT2D eigenvalue weighted by Crippen LogP contribution is 2.14. The number of ether oxygens (including phenoxy) is 1. The topological polar surface area (TPSA) is 84.7 Å². The Morgan fingerprint density at radius 3 is 2.38 bits per heavy atom. The van der Waals surface area contributed by atoms with E-state index in [9.17, 15) is 9.59 Å². The number of amides is 2. The van der Waals surface area contributed by atoms with Gasteiger partial charge in [-0.15, -0.1) is 0 Å². The quantitative estimate of drug-likeness (QED) is 0.787. The first-order valence-electron chi connectivity index (χ1n) is 7.05. The monoisotopic (exact) mass is 293 g/mol. The number of nitrogens with two attached hydrogens (primary N) is 1. The number of anilines is 1. The number of hydrogen-bond donors (Lipinski definition) is 2. The third-order valence-electron chi connectivity index (χ3n) is 2.98. The Morgan fingerprint density at radius 2 is 1.90 bits per heavy atom. The molecule has 3 N–H and O–H groups in total. The van der Waals surface area contributed by atoms with Crippen molar-refractivity contribution in [1.82, 2.24) is 4.90 Å². The van der Waals surface area contributed by atoms with Gasteiger partial charge in [0.2, 0.25) is 0 Å². The molecule has 0 heterocycles. The summed E-state index contributed by atoms with van der Waals surface area (Å²) in [6.45, 7) is 6.09. The molecule has 0 aliphatic heterocycles. The van der Waals surface area contributed by atoms with Crippen LogP contribution in [-0.4, -0.2) is 36.6 Å². The summed E-state index contributed by atoms with van der Waals surface area (Å²) in [6, 6.07) is 6.91. The second kappa shape index (κ2) is 8.26. The molecular formula is C15H23N3O3. The van der Waals surface area contributed by atoms with E-state index in [4.69, 9.17) is 10.5 Å². The van der Waals surface area contributed by atoms with E-state index in [0.29, 0.717) is 18.8 Å². The molecule has 2 amide bonds. The van der Waals surface area contributed by atoms with Crippen molar-refractivity contribution in [3.05, 3.63) is 29.8 Å². The van der Waals surface area contributed by atoms with Crippen molar-refractivity contribution >= 4 is 17.7 Å². The molecule has 0 saturated heterocycles. The van der Waals surface area contributed by atoms with Gasteiger partial charge in [-0.3, -0.25) is 4.79 Å². The van der Waals surface area contributed by atoms with Gasteiger partial charge in [0.05, 0.1) is 6.61 Å². The lowest BCUT2D eigenvalue weighted by Crippen LogP contribution is -2.39. The van der Waals surface area contributed by atoms with Crippen LogP contribution in [0, 0.1) is 0 Å². The van der Waals surface area contributed by atoms with Crippen molar-refractivity contribution in [2.24, 2.45) is 5.73 Å². The molecule has 0 bridgehead atoms. The molecule has 1 unspecified atom stereocenters. The lowest BCUT2D eigenvalue weighted by atomic mass is 10.1. The van der Waals surface area contributed by atoms with Crippen LogP contribution in [0.25, 0.3) is 0 Å². The highest BCUT2D eigenvalue weighted by Gasteiger charge is 2.16. The first-order chi connectivity index (χ1) is 9.97. The van der Waals surface area contributed by atoms with Crippen LogP contribution >= 0.6 is 0 Å². The van der Waals surface area contributed by atoms with Gasteiger partial charge < -0.3 is 20.7 Å². The van der Waals surface area contributed by atoms with Gasteiger partial charge in [-0.1, -0.05) is 12.1 Å². The lowest BCUT2D eigenvalue weighted by molar-refractivity contribution is -0.143. The van der Waals surface area contributed by atoms with E-state index >= 15 is 0 Å². The molecule has 1 aromatic rings. The van der Waals surface area contributed by atoms with E-state index in [1.54, 1.807) is 26.0 Å². The van der Waals surface area contributed by atoms with Crippen LogP contribution < -0.4 is 11.1 Å². The molecule has 6 nitrogen and oxygen atoms in total. The van der Waals surface area contributed by atoms with Crippen molar-refractivity contribution in [3.63, 3.8) is 0 Å². The number of hydrogen-bond acceptors (Lipinski definition) is 4. The van der Waals surface area contributed by atoms with Gasteiger partial charge in [-0.05, 0) is 38.5 Å². The van der Waals surface area contributed by atoms with Crippen LogP contribution in [0.4, 0.5) is 10.5 Å². The molecular weight excluding hydrogens is 270 g/mol. The molecule has 0 saturated carbocycles. The maximum Gasteiger partial charge on any atom is 0.325 e. The smallest absolute Gasteiger partial charge is 0.325 e. The first-order valence-corrected chi connectivity index (χ1v) is 7.05. The van der Waals surface area contributed by atoms with Crippen molar-refractivity contribution in [1.29, 1.82) is 0 Å². The minimum Gasteiger partial charge on any atom is -0.465 e. The lowest BCUT2D eigenvalue weighted by Gasteiger charge is -2.20. The fourth-order valence-electron chi connectivity index (χ4n) is 1.76. The predicted octanol–water partition coefficient (Wildman–Crippen LogP) is 2.12. The molecule has 0 aliphatic carbocycles. The van der Waals surface area contributed by atoms with Crippen LogP contribution in [0.2, 0.25) is 0 Å². The van der Waals surface area contributed by atoms with Gasteiger partial charge in [-0.2, -0.15) is 0 Å². The predicted molar refractivity (Wildman–Crippen MR) is 81.9 cm³/mol. The molecule has 1 atom stereocenters. The summed E-state index contributed by atoms with van der Waals surface area (Å²) in [7, 11) is 0. The van der Waals surface area contributed by atoms with Gasteiger partial charge in [0.1, 0.15) is 6.54 Å². The molecule has 116 valence electrons. The van der Waals surface area contributed by atoms with E-state index in [0.717, 1.165) is 5.56 Å². The Balaban J connectivity index is 2.63. The second-order valence-corrected chi connectivity index (χ2v) is 4.66. The number of rotatable bonds is 6. The van der Waals surface area contributed by atoms with Crippen molar-refractivity contribution < 1.29 is 14.3 Å². The molecule has 0 aliphatic rings. The Kier molecular flexibility index (Phi) is 6.68. The zero-order chi connectivity index (χ0) is 15.8. The summed E-state index contributed by atoms with van der Waals surface area (Å²) in [5.41, 5.74) is 7.42. The molecule has 21 heavy (non-hydrogen) atoms. The van der Waals surface area contributed by atoms with Crippen molar-refractivity contribution in [3.8, 4) is 0 Å². The molecule has 0 spiro atoms. The van der Waals surface area contributed by atoms with E-state index < -0.39 is 5.97 Å². The number of benzene rings is 1.